The highest BCUT2D eigenvalue weighted by atomic mass is 19.1. The Kier molecular flexibility index (Phi) is 5.56. The topological polar surface area (TPSA) is 93.8 Å². The van der Waals surface area contributed by atoms with Crippen molar-refractivity contribution in [3.8, 4) is 5.75 Å². The summed E-state index contributed by atoms with van der Waals surface area (Å²) < 4.78 is 18.1. The van der Waals surface area contributed by atoms with Gasteiger partial charge in [-0.1, -0.05) is 6.07 Å². The molecule has 2 aromatic carbocycles. The molecule has 0 atom stereocenters. The predicted octanol–water partition coefficient (Wildman–Crippen LogP) is 2.65. The number of non-ortho nitro benzene ring substituents is 1. The molecule has 0 aromatic heterocycles. The molecular weight excluding hydrogens is 317 g/mol. The second-order valence-electron chi connectivity index (χ2n) is 4.78. The van der Waals surface area contributed by atoms with Crippen molar-refractivity contribution >= 4 is 17.3 Å². The first kappa shape index (κ1) is 17.1. The van der Waals surface area contributed by atoms with Crippen molar-refractivity contribution in [1.82, 2.24) is 5.43 Å². The zero-order valence-corrected chi connectivity index (χ0v) is 12.7. The van der Waals surface area contributed by atoms with Crippen molar-refractivity contribution in [1.29, 1.82) is 0 Å². The highest BCUT2D eigenvalue weighted by molar-refractivity contribution is 5.99. The number of nitro benzene ring substituents is 1. The lowest BCUT2D eigenvalue weighted by Crippen LogP contribution is -2.25. The molecule has 0 aliphatic carbocycles. The molecule has 7 nitrogen and oxygen atoms in total. The molecule has 0 unspecified atom stereocenters. The number of amides is 1. The van der Waals surface area contributed by atoms with Crippen LogP contribution in [0.25, 0.3) is 0 Å². The third-order valence-corrected chi connectivity index (χ3v) is 3.01. The molecule has 0 radical (unpaired) electrons. The van der Waals surface area contributed by atoms with Crippen molar-refractivity contribution in [2.75, 3.05) is 6.61 Å². The standard InChI is InChI=1S/C16H14FN3O4/c1-11(12-5-7-14(8-6-12)20(22)23)18-19-16(21)10-24-15-4-2-3-13(17)9-15/h2-9H,10H2,1H3,(H,19,21)/b18-11-. The van der Waals surface area contributed by atoms with Crippen LogP contribution in [0.3, 0.4) is 0 Å². The average molecular weight is 331 g/mol. The third-order valence-electron chi connectivity index (χ3n) is 3.01. The van der Waals surface area contributed by atoms with Crippen molar-refractivity contribution in [3.63, 3.8) is 0 Å². The number of rotatable bonds is 6. The van der Waals surface area contributed by atoms with Crippen molar-refractivity contribution < 1.29 is 18.8 Å². The SMILES string of the molecule is C/C(=N/NC(=O)COc1cccc(F)c1)c1ccc([N+](=O)[O-])cc1. The van der Waals surface area contributed by atoms with E-state index in [2.05, 4.69) is 10.5 Å². The molecule has 0 saturated heterocycles. The van der Waals surface area contributed by atoms with E-state index in [0.29, 0.717) is 11.3 Å². The van der Waals surface area contributed by atoms with Gasteiger partial charge >= 0.3 is 0 Å². The van der Waals surface area contributed by atoms with Gasteiger partial charge in [-0.3, -0.25) is 14.9 Å². The summed E-state index contributed by atoms with van der Waals surface area (Å²) in [6, 6.07) is 11.2. The molecule has 0 heterocycles. The Morgan fingerprint density at radius 2 is 2.00 bits per heavy atom. The van der Waals surface area contributed by atoms with Gasteiger partial charge in [-0.2, -0.15) is 5.10 Å². The number of carbonyl (C=O) groups excluding carboxylic acids is 1. The Bertz CT molecular complexity index is 775. The van der Waals surface area contributed by atoms with E-state index >= 15 is 0 Å². The van der Waals surface area contributed by atoms with E-state index < -0.39 is 16.6 Å². The van der Waals surface area contributed by atoms with E-state index in [4.69, 9.17) is 4.74 Å². The van der Waals surface area contributed by atoms with Gasteiger partial charge < -0.3 is 4.74 Å². The normalized spacial score (nSPS) is 11.0. The van der Waals surface area contributed by atoms with Crippen LogP contribution < -0.4 is 10.2 Å². The minimum atomic E-state index is -0.513. The number of halogens is 1. The molecule has 2 aromatic rings. The zero-order chi connectivity index (χ0) is 17.5. The fourth-order valence-electron chi connectivity index (χ4n) is 1.77. The largest absolute Gasteiger partial charge is 0.484 e. The molecule has 8 heteroatoms. The van der Waals surface area contributed by atoms with Gasteiger partial charge in [0.15, 0.2) is 6.61 Å². The summed E-state index contributed by atoms with van der Waals surface area (Å²) in [5.41, 5.74) is 3.38. The number of nitro groups is 1. The molecule has 0 bridgehead atoms. The molecule has 0 aliphatic heterocycles. The van der Waals surface area contributed by atoms with Crippen LogP contribution in [0.4, 0.5) is 10.1 Å². The summed E-state index contributed by atoms with van der Waals surface area (Å²) in [4.78, 5) is 21.7. The van der Waals surface area contributed by atoms with Crippen LogP contribution in [0.2, 0.25) is 0 Å². The highest BCUT2D eigenvalue weighted by Gasteiger charge is 2.06. The predicted molar refractivity (Wildman–Crippen MR) is 85.3 cm³/mol. The quantitative estimate of drug-likeness (QED) is 0.500. The summed E-state index contributed by atoms with van der Waals surface area (Å²) in [7, 11) is 0. The van der Waals surface area contributed by atoms with E-state index in [1.807, 2.05) is 0 Å². The Morgan fingerprint density at radius 3 is 2.62 bits per heavy atom. The van der Waals surface area contributed by atoms with Crippen LogP contribution in [0.15, 0.2) is 53.6 Å². The minimum Gasteiger partial charge on any atom is -0.484 e. The first-order valence-corrected chi connectivity index (χ1v) is 6.92. The second kappa shape index (κ2) is 7.82. The van der Waals surface area contributed by atoms with Crippen molar-refractivity contribution in [3.05, 3.63) is 70.0 Å². The number of hydrazone groups is 1. The van der Waals surface area contributed by atoms with Crippen LogP contribution in [0, 0.1) is 15.9 Å². The van der Waals surface area contributed by atoms with E-state index in [9.17, 15) is 19.3 Å². The van der Waals surface area contributed by atoms with Gasteiger partial charge in [-0.25, -0.2) is 9.82 Å². The maximum Gasteiger partial charge on any atom is 0.277 e. The number of hydrogen-bond acceptors (Lipinski definition) is 5. The molecule has 1 N–H and O–H groups in total. The molecule has 0 fully saturated rings. The highest BCUT2D eigenvalue weighted by Crippen LogP contribution is 2.13. The molecule has 24 heavy (non-hydrogen) atoms. The van der Waals surface area contributed by atoms with E-state index in [1.54, 1.807) is 6.92 Å². The number of carbonyl (C=O) groups is 1. The summed E-state index contributed by atoms with van der Waals surface area (Å²) >= 11 is 0. The molecule has 1 amide bonds. The Morgan fingerprint density at radius 1 is 1.29 bits per heavy atom. The van der Waals surface area contributed by atoms with Crippen LogP contribution >= 0.6 is 0 Å². The van der Waals surface area contributed by atoms with E-state index in [0.717, 1.165) is 0 Å². The third kappa shape index (κ3) is 4.87. The van der Waals surface area contributed by atoms with Crippen LogP contribution in [-0.4, -0.2) is 23.1 Å². The lowest BCUT2D eigenvalue weighted by Gasteiger charge is -2.06. The lowest BCUT2D eigenvalue weighted by molar-refractivity contribution is -0.384. The Balaban J connectivity index is 1.89. The molecule has 0 spiro atoms. The minimum absolute atomic E-state index is 0.0286. The first-order chi connectivity index (χ1) is 11.5. The van der Waals surface area contributed by atoms with Gasteiger partial charge in [-0.05, 0) is 36.8 Å². The van der Waals surface area contributed by atoms with Gasteiger partial charge in [0.2, 0.25) is 0 Å². The van der Waals surface area contributed by atoms with Gasteiger partial charge in [0.05, 0.1) is 10.6 Å². The van der Waals surface area contributed by atoms with Crippen molar-refractivity contribution in [2.24, 2.45) is 5.10 Å². The smallest absolute Gasteiger partial charge is 0.277 e. The first-order valence-electron chi connectivity index (χ1n) is 6.92. The number of hydrogen-bond donors (Lipinski definition) is 1. The van der Waals surface area contributed by atoms with Crippen LogP contribution in [-0.2, 0) is 4.79 Å². The fourth-order valence-corrected chi connectivity index (χ4v) is 1.77. The second-order valence-corrected chi connectivity index (χ2v) is 4.78. The zero-order valence-electron chi connectivity index (χ0n) is 12.7. The van der Waals surface area contributed by atoms with Gasteiger partial charge in [0.1, 0.15) is 11.6 Å². The number of ether oxygens (including phenoxy) is 1. The maximum atomic E-state index is 13.0. The fraction of sp³-hybridized carbons (Fsp3) is 0.125. The van der Waals surface area contributed by atoms with E-state index in [-0.39, 0.29) is 18.0 Å². The molecule has 0 saturated carbocycles. The van der Waals surface area contributed by atoms with Crippen molar-refractivity contribution in [2.45, 2.75) is 6.92 Å². The van der Waals surface area contributed by atoms with Gasteiger partial charge in [0.25, 0.3) is 11.6 Å². The summed E-state index contributed by atoms with van der Waals surface area (Å²) in [6.45, 7) is 1.33. The monoisotopic (exact) mass is 331 g/mol. The lowest BCUT2D eigenvalue weighted by atomic mass is 10.1. The molecule has 124 valence electrons. The number of nitrogens with zero attached hydrogens (tertiary/aromatic N) is 2. The Hall–Kier alpha value is -3.29. The number of benzene rings is 2. The van der Waals surface area contributed by atoms with E-state index in [1.165, 1.54) is 48.5 Å². The summed E-state index contributed by atoms with van der Waals surface area (Å²) in [5, 5.41) is 14.5. The molecule has 0 aliphatic rings. The summed E-state index contributed by atoms with van der Waals surface area (Å²) in [6.07, 6.45) is 0. The van der Waals surface area contributed by atoms with Gasteiger partial charge in [-0.15, -0.1) is 0 Å². The Labute approximate surface area is 136 Å². The summed E-state index contributed by atoms with van der Waals surface area (Å²) in [5.74, 6) is -0.735. The molecule has 2 rings (SSSR count). The van der Waals surface area contributed by atoms with Gasteiger partial charge in [0, 0.05) is 18.2 Å². The average Bonchev–Trinajstić information content (AvgIpc) is 2.58. The number of nitrogens with one attached hydrogen (secondary N) is 1. The maximum absolute atomic E-state index is 13.0. The van der Waals surface area contributed by atoms with Crippen LogP contribution in [0.5, 0.6) is 5.75 Å². The van der Waals surface area contributed by atoms with Crippen LogP contribution in [0.1, 0.15) is 12.5 Å². The molecular formula is C16H14FN3O4.